The Morgan fingerprint density at radius 2 is 1.88 bits per heavy atom. The molecule has 0 aliphatic heterocycles. The summed E-state index contributed by atoms with van der Waals surface area (Å²) in [6.45, 7) is 0. The minimum Gasteiger partial charge on any atom is -0.508 e. The molecule has 0 saturated heterocycles. The number of nitrogens with zero attached hydrogens (tertiary/aromatic N) is 1. The highest BCUT2D eigenvalue weighted by molar-refractivity contribution is 5.90. The van der Waals surface area contributed by atoms with Crippen molar-refractivity contribution in [3.05, 3.63) is 42.7 Å². The minimum absolute atomic E-state index is 0.158. The van der Waals surface area contributed by atoms with Crippen molar-refractivity contribution in [3.63, 3.8) is 0 Å². The second-order valence-corrected chi connectivity index (χ2v) is 3.40. The first-order valence-electron chi connectivity index (χ1n) is 4.90. The molecule has 86 valence electrons. The van der Waals surface area contributed by atoms with Crippen LogP contribution in [0.5, 0.6) is 5.75 Å². The minimum atomic E-state index is -1.13. The van der Waals surface area contributed by atoms with Crippen molar-refractivity contribution in [2.24, 2.45) is 0 Å². The number of pyridine rings is 1. The molecule has 5 heteroatoms. The van der Waals surface area contributed by atoms with Crippen molar-refractivity contribution in [3.8, 4) is 16.9 Å². The Morgan fingerprint density at radius 3 is 2.53 bits per heavy atom. The third kappa shape index (κ3) is 2.52. The third-order valence-electron chi connectivity index (χ3n) is 2.24. The average Bonchev–Trinajstić information content (AvgIpc) is 2.30. The fourth-order valence-electron chi connectivity index (χ4n) is 1.49. The zero-order valence-corrected chi connectivity index (χ0v) is 8.79. The average molecular weight is 230 g/mol. The van der Waals surface area contributed by atoms with Gasteiger partial charge in [-0.1, -0.05) is 12.1 Å². The Bertz CT molecular complexity index is 538. The number of amides is 1. The molecule has 0 unspecified atom stereocenters. The number of aromatic hydroxyl groups is 1. The van der Waals surface area contributed by atoms with E-state index in [1.165, 1.54) is 18.3 Å². The smallest absolute Gasteiger partial charge is 0.409 e. The molecule has 3 N–H and O–H groups in total. The van der Waals surface area contributed by atoms with E-state index in [1.807, 2.05) is 0 Å². The van der Waals surface area contributed by atoms with Crippen molar-refractivity contribution in [1.29, 1.82) is 0 Å². The molecular formula is C12H10N2O3. The van der Waals surface area contributed by atoms with E-state index in [0.29, 0.717) is 11.3 Å². The largest absolute Gasteiger partial charge is 0.508 e. The first kappa shape index (κ1) is 10.9. The summed E-state index contributed by atoms with van der Waals surface area (Å²) in [7, 11) is 0. The molecule has 1 heterocycles. The molecule has 2 aromatic rings. The Hall–Kier alpha value is -2.56. The lowest BCUT2D eigenvalue weighted by atomic mass is 10.1. The van der Waals surface area contributed by atoms with Crippen molar-refractivity contribution >= 4 is 11.8 Å². The summed E-state index contributed by atoms with van der Waals surface area (Å²) in [4.78, 5) is 14.6. The molecule has 0 aliphatic rings. The standard InChI is InChI=1S/C12H10N2O3/c15-9-3-1-8(2-4-9)10-7-13-6-5-11(10)14-12(16)17/h1-7,15H,(H,13,14)(H,16,17). The van der Waals surface area contributed by atoms with Crippen LogP contribution < -0.4 is 5.32 Å². The van der Waals surface area contributed by atoms with Gasteiger partial charge in [0, 0.05) is 18.0 Å². The van der Waals surface area contributed by atoms with Gasteiger partial charge in [-0.3, -0.25) is 10.3 Å². The van der Waals surface area contributed by atoms with Crippen LogP contribution in [-0.2, 0) is 0 Å². The van der Waals surface area contributed by atoms with Crippen molar-refractivity contribution in [2.75, 3.05) is 5.32 Å². The van der Waals surface area contributed by atoms with Gasteiger partial charge in [0.2, 0.25) is 0 Å². The van der Waals surface area contributed by atoms with Gasteiger partial charge >= 0.3 is 6.09 Å². The maximum atomic E-state index is 10.6. The summed E-state index contributed by atoms with van der Waals surface area (Å²) in [5.41, 5.74) is 1.90. The van der Waals surface area contributed by atoms with E-state index in [-0.39, 0.29) is 5.75 Å². The number of carbonyl (C=O) groups is 1. The highest BCUT2D eigenvalue weighted by atomic mass is 16.4. The summed E-state index contributed by atoms with van der Waals surface area (Å²) < 4.78 is 0. The second-order valence-electron chi connectivity index (χ2n) is 3.40. The fourth-order valence-corrected chi connectivity index (χ4v) is 1.49. The third-order valence-corrected chi connectivity index (χ3v) is 2.24. The van der Waals surface area contributed by atoms with Crippen molar-refractivity contribution in [2.45, 2.75) is 0 Å². The van der Waals surface area contributed by atoms with Crippen LogP contribution in [0.2, 0.25) is 0 Å². The van der Waals surface area contributed by atoms with E-state index < -0.39 is 6.09 Å². The summed E-state index contributed by atoms with van der Waals surface area (Å²) in [5.74, 6) is 0.158. The quantitative estimate of drug-likeness (QED) is 0.740. The van der Waals surface area contributed by atoms with E-state index in [4.69, 9.17) is 5.11 Å². The van der Waals surface area contributed by atoms with Crippen LogP contribution >= 0.6 is 0 Å². The normalized spacial score (nSPS) is 9.88. The number of nitrogens with one attached hydrogen (secondary N) is 1. The number of hydrogen-bond donors (Lipinski definition) is 3. The second kappa shape index (κ2) is 4.52. The maximum absolute atomic E-state index is 10.6. The van der Waals surface area contributed by atoms with Gasteiger partial charge in [0.15, 0.2) is 0 Å². The van der Waals surface area contributed by atoms with Gasteiger partial charge in [-0.15, -0.1) is 0 Å². The molecule has 1 amide bonds. The van der Waals surface area contributed by atoms with Crippen molar-refractivity contribution < 1.29 is 15.0 Å². The lowest BCUT2D eigenvalue weighted by Gasteiger charge is -2.08. The summed E-state index contributed by atoms with van der Waals surface area (Å²) in [6.07, 6.45) is 1.95. The highest BCUT2D eigenvalue weighted by Gasteiger charge is 2.07. The topological polar surface area (TPSA) is 82.5 Å². The maximum Gasteiger partial charge on any atom is 0.409 e. The number of aromatic nitrogens is 1. The van der Waals surface area contributed by atoms with Gasteiger partial charge in [-0.05, 0) is 23.8 Å². The predicted octanol–water partition coefficient (Wildman–Crippen LogP) is 2.54. The summed E-state index contributed by atoms with van der Waals surface area (Å²) in [5, 5.41) is 20.2. The molecule has 0 radical (unpaired) electrons. The van der Waals surface area contributed by atoms with E-state index in [0.717, 1.165) is 5.56 Å². The molecule has 0 aliphatic carbocycles. The number of carboxylic acid groups (broad SMARTS) is 1. The first-order chi connectivity index (χ1) is 8.16. The number of hydrogen-bond acceptors (Lipinski definition) is 3. The van der Waals surface area contributed by atoms with E-state index in [2.05, 4.69) is 10.3 Å². The van der Waals surface area contributed by atoms with Crippen LogP contribution in [0.4, 0.5) is 10.5 Å². The molecule has 0 atom stereocenters. The number of rotatable bonds is 2. The van der Waals surface area contributed by atoms with Crippen molar-refractivity contribution in [1.82, 2.24) is 4.98 Å². The molecule has 1 aromatic heterocycles. The monoisotopic (exact) mass is 230 g/mol. The van der Waals surface area contributed by atoms with Crippen LogP contribution in [0.25, 0.3) is 11.1 Å². The van der Waals surface area contributed by atoms with Crippen LogP contribution in [0.3, 0.4) is 0 Å². The van der Waals surface area contributed by atoms with Gasteiger partial charge < -0.3 is 10.2 Å². The molecular weight excluding hydrogens is 220 g/mol. The number of anilines is 1. The van der Waals surface area contributed by atoms with E-state index >= 15 is 0 Å². The van der Waals surface area contributed by atoms with Gasteiger partial charge in [0.25, 0.3) is 0 Å². The molecule has 0 bridgehead atoms. The lowest BCUT2D eigenvalue weighted by Crippen LogP contribution is -2.08. The molecule has 0 spiro atoms. The Balaban J connectivity index is 2.44. The summed E-state index contributed by atoms with van der Waals surface area (Å²) in [6, 6.07) is 8.04. The lowest BCUT2D eigenvalue weighted by molar-refractivity contribution is 0.210. The molecule has 0 saturated carbocycles. The number of phenols is 1. The molecule has 0 fully saturated rings. The van der Waals surface area contributed by atoms with Crippen LogP contribution in [-0.4, -0.2) is 21.3 Å². The molecule has 2 rings (SSSR count). The van der Waals surface area contributed by atoms with Gasteiger partial charge in [-0.2, -0.15) is 0 Å². The fraction of sp³-hybridized carbons (Fsp3) is 0. The van der Waals surface area contributed by atoms with Crippen LogP contribution in [0, 0.1) is 0 Å². The zero-order valence-electron chi connectivity index (χ0n) is 8.79. The highest BCUT2D eigenvalue weighted by Crippen LogP contribution is 2.27. The summed E-state index contributed by atoms with van der Waals surface area (Å²) >= 11 is 0. The van der Waals surface area contributed by atoms with E-state index in [1.54, 1.807) is 24.4 Å². The van der Waals surface area contributed by atoms with E-state index in [9.17, 15) is 9.90 Å². The van der Waals surface area contributed by atoms with Crippen LogP contribution in [0.15, 0.2) is 42.7 Å². The SMILES string of the molecule is O=C(O)Nc1ccncc1-c1ccc(O)cc1. The van der Waals surface area contributed by atoms with Crippen LogP contribution in [0.1, 0.15) is 0 Å². The molecule has 17 heavy (non-hydrogen) atoms. The molecule has 1 aromatic carbocycles. The van der Waals surface area contributed by atoms with Gasteiger partial charge in [-0.25, -0.2) is 4.79 Å². The first-order valence-corrected chi connectivity index (χ1v) is 4.90. The predicted molar refractivity (Wildman–Crippen MR) is 63.0 cm³/mol. The molecule has 5 nitrogen and oxygen atoms in total. The van der Waals surface area contributed by atoms with Gasteiger partial charge in [0.1, 0.15) is 5.75 Å². The Kier molecular flexibility index (Phi) is 2.91. The number of phenolic OH excluding ortho intramolecular Hbond substituents is 1. The zero-order chi connectivity index (χ0) is 12.3. The Morgan fingerprint density at radius 1 is 1.18 bits per heavy atom. The van der Waals surface area contributed by atoms with Gasteiger partial charge in [0.05, 0.1) is 5.69 Å². The Labute approximate surface area is 97.4 Å². The number of benzene rings is 1.